The van der Waals surface area contributed by atoms with Crippen molar-refractivity contribution in [2.24, 2.45) is 0 Å². The lowest BCUT2D eigenvalue weighted by atomic mass is 10.0. The SMILES string of the molecule is COc1ccc(Cc2c(C)nn(-c3nc(C)c(C(=O)Nc4ccc(C)c(C)c4)s3)c2C)cc1. The van der Waals surface area contributed by atoms with Gasteiger partial charge in [0.15, 0.2) is 0 Å². The molecular formula is C26H28N4O2S. The number of nitrogens with one attached hydrogen (secondary N) is 1. The summed E-state index contributed by atoms with van der Waals surface area (Å²) in [7, 11) is 1.67. The Labute approximate surface area is 198 Å². The van der Waals surface area contributed by atoms with E-state index in [1.54, 1.807) is 7.11 Å². The number of hydrogen-bond acceptors (Lipinski definition) is 5. The minimum absolute atomic E-state index is 0.153. The highest BCUT2D eigenvalue weighted by Crippen LogP contribution is 2.27. The van der Waals surface area contributed by atoms with Crippen molar-refractivity contribution >= 4 is 22.9 Å². The number of hydrogen-bond donors (Lipinski definition) is 1. The maximum Gasteiger partial charge on any atom is 0.267 e. The number of rotatable bonds is 6. The molecule has 4 rings (SSSR count). The molecule has 0 saturated heterocycles. The van der Waals surface area contributed by atoms with Crippen molar-refractivity contribution in [3.8, 4) is 10.9 Å². The van der Waals surface area contributed by atoms with E-state index in [-0.39, 0.29) is 5.91 Å². The first-order valence-electron chi connectivity index (χ1n) is 10.8. The maximum atomic E-state index is 12.9. The Morgan fingerprint density at radius 3 is 2.39 bits per heavy atom. The van der Waals surface area contributed by atoms with Crippen LogP contribution in [0.3, 0.4) is 0 Å². The molecule has 170 valence electrons. The van der Waals surface area contributed by atoms with Crippen LogP contribution >= 0.6 is 11.3 Å². The molecule has 0 aliphatic rings. The Morgan fingerprint density at radius 2 is 1.73 bits per heavy atom. The third-order valence-electron chi connectivity index (χ3n) is 5.92. The van der Waals surface area contributed by atoms with Gasteiger partial charge in [-0.3, -0.25) is 4.79 Å². The van der Waals surface area contributed by atoms with Gasteiger partial charge >= 0.3 is 0 Å². The molecule has 2 heterocycles. The van der Waals surface area contributed by atoms with Gasteiger partial charge in [0.1, 0.15) is 10.6 Å². The van der Waals surface area contributed by atoms with Gasteiger partial charge < -0.3 is 10.1 Å². The fourth-order valence-electron chi connectivity index (χ4n) is 3.76. The number of carbonyl (C=O) groups excluding carboxylic acids is 1. The highest BCUT2D eigenvalue weighted by molar-refractivity contribution is 7.16. The van der Waals surface area contributed by atoms with Gasteiger partial charge in [0.05, 0.1) is 18.5 Å². The summed E-state index contributed by atoms with van der Waals surface area (Å²) in [6.45, 7) is 10.0. The summed E-state index contributed by atoms with van der Waals surface area (Å²) in [5.41, 5.74) is 8.14. The quantitative estimate of drug-likeness (QED) is 0.399. The van der Waals surface area contributed by atoms with E-state index < -0.39 is 0 Å². The lowest BCUT2D eigenvalue weighted by Crippen LogP contribution is -2.11. The zero-order chi connectivity index (χ0) is 23.7. The standard InChI is InChI=1S/C26H28N4O2S/c1-15-7-10-21(13-16(15)2)28-25(31)24-18(4)27-26(33-24)30-19(5)23(17(3)29-30)14-20-8-11-22(32-6)12-9-20/h7-13H,14H2,1-6H3,(H,28,31). The summed E-state index contributed by atoms with van der Waals surface area (Å²) in [6, 6.07) is 14.0. The molecule has 0 aliphatic heterocycles. The second-order valence-corrected chi connectivity index (χ2v) is 9.23. The number of ether oxygens (including phenoxy) is 1. The first-order valence-corrected chi connectivity index (χ1v) is 11.6. The van der Waals surface area contributed by atoms with Crippen LogP contribution in [0, 0.1) is 34.6 Å². The summed E-state index contributed by atoms with van der Waals surface area (Å²) in [5, 5.41) is 8.43. The van der Waals surface area contributed by atoms with Gasteiger partial charge in [-0.25, -0.2) is 9.67 Å². The van der Waals surface area contributed by atoms with Crippen LogP contribution < -0.4 is 10.1 Å². The van der Waals surface area contributed by atoms with Crippen LogP contribution in [0.4, 0.5) is 5.69 Å². The van der Waals surface area contributed by atoms with E-state index in [2.05, 4.69) is 29.4 Å². The monoisotopic (exact) mass is 460 g/mol. The molecule has 0 fully saturated rings. The lowest BCUT2D eigenvalue weighted by molar-refractivity contribution is 0.103. The van der Waals surface area contributed by atoms with Gasteiger partial charge in [0.25, 0.3) is 5.91 Å². The van der Waals surface area contributed by atoms with Crippen LogP contribution in [0.2, 0.25) is 0 Å². The predicted molar refractivity (Wildman–Crippen MR) is 133 cm³/mol. The molecule has 0 unspecified atom stereocenters. The maximum absolute atomic E-state index is 12.9. The van der Waals surface area contributed by atoms with E-state index in [1.807, 2.05) is 62.7 Å². The smallest absolute Gasteiger partial charge is 0.267 e. The zero-order valence-corrected chi connectivity index (χ0v) is 20.6. The van der Waals surface area contributed by atoms with Crippen LogP contribution in [0.1, 0.15) is 49.0 Å². The molecule has 0 atom stereocenters. The summed E-state index contributed by atoms with van der Waals surface area (Å²) in [5.74, 6) is 0.687. The molecule has 1 N–H and O–H groups in total. The van der Waals surface area contributed by atoms with Crippen molar-refractivity contribution in [2.75, 3.05) is 12.4 Å². The van der Waals surface area contributed by atoms with Crippen LogP contribution in [-0.4, -0.2) is 27.8 Å². The third-order valence-corrected chi connectivity index (χ3v) is 7.05. The van der Waals surface area contributed by atoms with Crippen molar-refractivity contribution in [1.82, 2.24) is 14.8 Å². The van der Waals surface area contributed by atoms with Gasteiger partial charge in [-0.1, -0.05) is 29.5 Å². The minimum atomic E-state index is -0.153. The highest BCUT2D eigenvalue weighted by atomic mass is 32.1. The number of nitrogens with zero attached hydrogens (tertiary/aromatic N) is 3. The van der Waals surface area contributed by atoms with E-state index in [9.17, 15) is 4.79 Å². The Hall–Kier alpha value is -3.45. The van der Waals surface area contributed by atoms with Gasteiger partial charge in [0.2, 0.25) is 5.13 Å². The normalized spacial score (nSPS) is 11.0. The zero-order valence-electron chi connectivity index (χ0n) is 19.8. The van der Waals surface area contributed by atoms with Crippen LogP contribution in [0.25, 0.3) is 5.13 Å². The number of amides is 1. The number of aromatic nitrogens is 3. The molecule has 33 heavy (non-hydrogen) atoms. The van der Waals surface area contributed by atoms with E-state index in [0.29, 0.717) is 15.7 Å². The number of methoxy groups -OCH3 is 1. The van der Waals surface area contributed by atoms with Gasteiger partial charge in [-0.05, 0) is 75.6 Å². The Morgan fingerprint density at radius 1 is 1.00 bits per heavy atom. The lowest BCUT2D eigenvalue weighted by Gasteiger charge is -2.06. The molecule has 1 amide bonds. The fraction of sp³-hybridized carbons (Fsp3) is 0.269. The van der Waals surface area contributed by atoms with E-state index >= 15 is 0 Å². The molecule has 6 nitrogen and oxygen atoms in total. The summed E-state index contributed by atoms with van der Waals surface area (Å²) in [4.78, 5) is 18.2. The van der Waals surface area contributed by atoms with Crippen molar-refractivity contribution in [3.05, 3.63) is 86.7 Å². The first-order chi connectivity index (χ1) is 15.8. The highest BCUT2D eigenvalue weighted by Gasteiger charge is 2.20. The fourth-order valence-corrected chi connectivity index (χ4v) is 4.72. The van der Waals surface area contributed by atoms with Crippen LogP contribution in [0.15, 0.2) is 42.5 Å². The molecular weight excluding hydrogens is 432 g/mol. The summed E-state index contributed by atoms with van der Waals surface area (Å²) < 4.78 is 7.10. The van der Waals surface area contributed by atoms with Crippen molar-refractivity contribution in [1.29, 1.82) is 0 Å². The van der Waals surface area contributed by atoms with Crippen molar-refractivity contribution in [2.45, 2.75) is 41.0 Å². The van der Waals surface area contributed by atoms with Crippen molar-refractivity contribution < 1.29 is 9.53 Å². The summed E-state index contributed by atoms with van der Waals surface area (Å²) in [6.07, 6.45) is 0.770. The largest absolute Gasteiger partial charge is 0.497 e. The second-order valence-electron chi connectivity index (χ2n) is 8.25. The van der Waals surface area contributed by atoms with Crippen LogP contribution in [0.5, 0.6) is 5.75 Å². The molecule has 2 aromatic carbocycles. The average molecular weight is 461 g/mol. The Balaban J connectivity index is 1.58. The van der Waals surface area contributed by atoms with Crippen LogP contribution in [-0.2, 0) is 6.42 Å². The minimum Gasteiger partial charge on any atom is -0.497 e. The molecule has 0 saturated carbocycles. The third kappa shape index (κ3) is 4.68. The predicted octanol–water partition coefficient (Wildman–Crippen LogP) is 5.72. The number of thiazole rings is 1. The molecule has 0 radical (unpaired) electrons. The molecule has 7 heteroatoms. The van der Waals surface area contributed by atoms with Gasteiger partial charge in [-0.2, -0.15) is 5.10 Å². The molecule has 0 aliphatic carbocycles. The topological polar surface area (TPSA) is 69.0 Å². The number of aryl methyl sites for hydroxylation is 4. The molecule has 0 spiro atoms. The van der Waals surface area contributed by atoms with Gasteiger partial charge in [0, 0.05) is 23.4 Å². The first kappa shape index (κ1) is 22.7. The molecule has 0 bridgehead atoms. The Kier molecular flexibility index (Phi) is 6.33. The molecule has 4 aromatic rings. The number of benzene rings is 2. The van der Waals surface area contributed by atoms with E-state index in [4.69, 9.17) is 9.84 Å². The van der Waals surface area contributed by atoms with Crippen molar-refractivity contribution in [3.63, 3.8) is 0 Å². The summed E-state index contributed by atoms with van der Waals surface area (Å²) >= 11 is 1.36. The Bertz CT molecular complexity index is 1320. The number of carbonyl (C=O) groups is 1. The van der Waals surface area contributed by atoms with Gasteiger partial charge in [-0.15, -0.1) is 0 Å². The van der Waals surface area contributed by atoms with E-state index in [0.717, 1.165) is 40.4 Å². The average Bonchev–Trinajstić information content (AvgIpc) is 3.31. The van der Waals surface area contributed by atoms with E-state index in [1.165, 1.54) is 22.5 Å². The molecule has 2 aromatic heterocycles. The number of anilines is 1. The second kappa shape index (κ2) is 9.19.